The Bertz CT molecular complexity index is 818. The van der Waals surface area contributed by atoms with E-state index in [0.29, 0.717) is 38.2 Å². The normalized spacial score (nSPS) is 15.2. The molecule has 3 rings (SSSR count). The molecule has 140 valence electrons. The van der Waals surface area contributed by atoms with E-state index in [0.717, 1.165) is 17.7 Å². The number of amides is 2. The molecule has 6 nitrogen and oxygen atoms in total. The second kappa shape index (κ2) is 7.40. The molecule has 2 aromatic rings. The molecule has 1 aliphatic rings. The van der Waals surface area contributed by atoms with Crippen molar-refractivity contribution in [2.24, 2.45) is 14.1 Å². The van der Waals surface area contributed by atoms with Crippen molar-refractivity contribution in [3.8, 4) is 0 Å². The highest BCUT2D eigenvalue weighted by molar-refractivity contribution is 5.94. The van der Waals surface area contributed by atoms with E-state index >= 15 is 0 Å². The van der Waals surface area contributed by atoms with Crippen LogP contribution in [0.3, 0.4) is 0 Å². The fourth-order valence-electron chi connectivity index (χ4n) is 3.57. The van der Waals surface area contributed by atoms with Gasteiger partial charge in [0.25, 0.3) is 5.91 Å². The van der Waals surface area contributed by atoms with Crippen LogP contribution in [0.25, 0.3) is 0 Å². The molecule has 0 aromatic carbocycles. The minimum Gasteiger partial charge on any atom is -0.356 e. The quantitative estimate of drug-likeness (QED) is 0.843. The third kappa shape index (κ3) is 3.69. The number of hydrogen-bond donors (Lipinski definition) is 0. The van der Waals surface area contributed by atoms with E-state index in [1.54, 1.807) is 0 Å². The first-order valence-corrected chi connectivity index (χ1v) is 9.17. The van der Waals surface area contributed by atoms with Crippen LogP contribution in [-0.4, -0.2) is 56.9 Å². The molecule has 0 spiro atoms. The Morgan fingerprint density at radius 2 is 1.73 bits per heavy atom. The third-order valence-corrected chi connectivity index (χ3v) is 5.44. The molecular formula is C20H28N4O2. The lowest BCUT2D eigenvalue weighted by atomic mass is 10.1. The molecule has 26 heavy (non-hydrogen) atoms. The van der Waals surface area contributed by atoms with Crippen LogP contribution in [0.1, 0.15) is 33.7 Å². The molecule has 1 aliphatic heterocycles. The van der Waals surface area contributed by atoms with Crippen molar-refractivity contribution in [3.63, 3.8) is 0 Å². The van der Waals surface area contributed by atoms with Gasteiger partial charge in [0, 0.05) is 64.1 Å². The summed E-state index contributed by atoms with van der Waals surface area (Å²) < 4.78 is 4.00. The molecule has 0 atom stereocenters. The Morgan fingerprint density at radius 1 is 1.04 bits per heavy atom. The molecular weight excluding hydrogens is 328 g/mol. The summed E-state index contributed by atoms with van der Waals surface area (Å²) >= 11 is 0. The minimum absolute atomic E-state index is 0.0504. The summed E-state index contributed by atoms with van der Waals surface area (Å²) in [5, 5.41) is 0. The maximum atomic E-state index is 12.8. The topological polar surface area (TPSA) is 50.5 Å². The van der Waals surface area contributed by atoms with Gasteiger partial charge in [0.1, 0.15) is 0 Å². The van der Waals surface area contributed by atoms with Gasteiger partial charge in [0.05, 0.1) is 12.0 Å². The third-order valence-electron chi connectivity index (χ3n) is 5.44. The molecule has 0 unspecified atom stereocenters. The van der Waals surface area contributed by atoms with Gasteiger partial charge in [0.15, 0.2) is 0 Å². The Labute approximate surface area is 155 Å². The maximum absolute atomic E-state index is 12.8. The van der Waals surface area contributed by atoms with Crippen LogP contribution in [-0.2, 0) is 25.3 Å². The lowest BCUT2D eigenvalue weighted by molar-refractivity contribution is -0.130. The average Bonchev–Trinajstić information content (AvgIpc) is 3.02. The SMILES string of the molecule is Cc1cc(CC(=O)N2CCCN(C(=O)c3ccn(C)c3)CC2)c(C)n1C. The largest absolute Gasteiger partial charge is 0.356 e. The summed E-state index contributed by atoms with van der Waals surface area (Å²) in [6, 6.07) is 3.94. The lowest BCUT2D eigenvalue weighted by Gasteiger charge is -2.22. The fourth-order valence-corrected chi connectivity index (χ4v) is 3.57. The standard InChI is InChI=1S/C20H28N4O2/c1-15-12-18(16(2)22(15)4)13-19(25)23-7-5-8-24(11-10-23)20(26)17-6-9-21(3)14-17/h6,9,12,14H,5,7-8,10-11,13H2,1-4H3. The number of nitrogens with zero attached hydrogens (tertiary/aromatic N) is 4. The zero-order valence-corrected chi connectivity index (χ0v) is 16.2. The highest BCUT2D eigenvalue weighted by atomic mass is 16.2. The smallest absolute Gasteiger partial charge is 0.255 e. The predicted octanol–water partition coefficient (Wildman–Crippen LogP) is 1.90. The average molecular weight is 356 g/mol. The van der Waals surface area contributed by atoms with Crippen molar-refractivity contribution < 1.29 is 9.59 Å². The van der Waals surface area contributed by atoms with E-state index in [9.17, 15) is 9.59 Å². The Morgan fingerprint density at radius 3 is 2.35 bits per heavy atom. The minimum atomic E-state index is 0.0504. The van der Waals surface area contributed by atoms with Crippen molar-refractivity contribution in [1.29, 1.82) is 0 Å². The maximum Gasteiger partial charge on any atom is 0.255 e. The second-order valence-electron chi connectivity index (χ2n) is 7.22. The van der Waals surface area contributed by atoms with Gasteiger partial charge in [-0.25, -0.2) is 0 Å². The van der Waals surface area contributed by atoms with Crippen molar-refractivity contribution in [1.82, 2.24) is 18.9 Å². The van der Waals surface area contributed by atoms with Crippen LogP contribution in [0.2, 0.25) is 0 Å². The number of aromatic nitrogens is 2. The van der Waals surface area contributed by atoms with E-state index in [-0.39, 0.29) is 11.8 Å². The van der Waals surface area contributed by atoms with Gasteiger partial charge in [-0.05, 0) is 38.0 Å². The number of hydrogen-bond acceptors (Lipinski definition) is 2. The van der Waals surface area contributed by atoms with Crippen LogP contribution >= 0.6 is 0 Å². The highest BCUT2D eigenvalue weighted by Crippen LogP contribution is 2.16. The summed E-state index contributed by atoms with van der Waals surface area (Å²) in [5.74, 6) is 0.196. The molecule has 0 N–H and O–H groups in total. The molecule has 3 heterocycles. The summed E-state index contributed by atoms with van der Waals surface area (Å²) in [6.07, 6.45) is 4.97. The predicted molar refractivity (Wildman–Crippen MR) is 101 cm³/mol. The second-order valence-corrected chi connectivity index (χ2v) is 7.22. The summed E-state index contributed by atoms with van der Waals surface area (Å²) in [4.78, 5) is 29.1. The summed E-state index contributed by atoms with van der Waals surface area (Å²) in [7, 11) is 3.94. The highest BCUT2D eigenvalue weighted by Gasteiger charge is 2.24. The summed E-state index contributed by atoms with van der Waals surface area (Å²) in [5.41, 5.74) is 4.12. The molecule has 2 amide bonds. The van der Waals surface area contributed by atoms with Crippen LogP contribution in [0.5, 0.6) is 0 Å². The van der Waals surface area contributed by atoms with Crippen molar-refractivity contribution >= 4 is 11.8 Å². The van der Waals surface area contributed by atoms with E-state index in [2.05, 4.69) is 24.5 Å². The van der Waals surface area contributed by atoms with Gasteiger partial charge in [-0.1, -0.05) is 0 Å². The molecule has 6 heteroatoms. The van der Waals surface area contributed by atoms with Crippen molar-refractivity contribution in [2.75, 3.05) is 26.2 Å². The molecule has 0 aliphatic carbocycles. The van der Waals surface area contributed by atoms with Crippen LogP contribution < -0.4 is 0 Å². The van der Waals surface area contributed by atoms with Crippen LogP contribution in [0, 0.1) is 13.8 Å². The van der Waals surface area contributed by atoms with Crippen LogP contribution in [0.15, 0.2) is 24.5 Å². The Kier molecular flexibility index (Phi) is 5.20. The molecule has 0 saturated carbocycles. The van der Waals surface area contributed by atoms with Crippen molar-refractivity contribution in [3.05, 3.63) is 47.0 Å². The van der Waals surface area contributed by atoms with Gasteiger partial charge in [0.2, 0.25) is 5.91 Å². The number of rotatable bonds is 3. The molecule has 1 fully saturated rings. The zero-order chi connectivity index (χ0) is 18.8. The first-order valence-electron chi connectivity index (χ1n) is 9.17. The van der Waals surface area contributed by atoms with Gasteiger partial charge in [-0.15, -0.1) is 0 Å². The number of carbonyl (C=O) groups is 2. The number of carbonyl (C=O) groups excluding carboxylic acids is 2. The van der Waals surface area contributed by atoms with E-state index in [4.69, 9.17) is 0 Å². The van der Waals surface area contributed by atoms with E-state index in [1.165, 1.54) is 5.69 Å². The van der Waals surface area contributed by atoms with Crippen molar-refractivity contribution in [2.45, 2.75) is 26.7 Å². The van der Waals surface area contributed by atoms with Crippen LogP contribution in [0.4, 0.5) is 0 Å². The lowest BCUT2D eigenvalue weighted by Crippen LogP contribution is -2.38. The fraction of sp³-hybridized carbons (Fsp3) is 0.500. The summed E-state index contributed by atoms with van der Waals surface area (Å²) in [6.45, 7) is 6.70. The van der Waals surface area contributed by atoms with Gasteiger partial charge < -0.3 is 18.9 Å². The number of aryl methyl sites for hydroxylation is 2. The van der Waals surface area contributed by atoms with E-state index in [1.807, 2.05) is 46.9 Å². The van der Waals surface area contributed by atoms with Gasteiger partial charge in [-0.3, -0.25) is 9.59 Å². The zero-order valence-electron chi connectivity index (χ0n) is 16.2. The first kappa shape index (κ1) is 18.3. The molecule has 1 saturated heterocycles. The molecule has 0 radical (unpaired) electrons. The van der Waals surface area contributed by atoms with E-state index < -0.39 is 0 Å². The first-order chi connectivity index (χ1) is 12.4. The van der Waals surface area contributed by atoms with Gasteiger partial charge in [-0.2, -0.15) is 0 Å². The Balaban J connectivity index is 1.61. The Hall–Kier alpha value is -2.50. The monoisotopic (exact) mass is 356 g/mol. The molecule has 0 bridgehead atoms. The molecule has 2 aromatic heterocycles. The van der Waals surface area contributed by atoms with Gasteiger partial charge >= 0.3 is 0 Å².